The zero-order valence-electron chi connectivity index (χ0n) is 14.7. The molecular weight excluding hydrogens is 348 g/mol. The molecule has 0 saturated carbocycles. The number of hydrogen-bond donors (Lipinski definition) is 2. The number of carbonyl (C=O) groups is 1. The SMILES string of the molecule is Cc1n[nH]c(C)c1NC(=O)Cn1nnc2c(cnn2-c2ccccc2)c1=O. The Morgan fingerprint density at radius 3 is 2.70 bits per heavy atom. The summed E-state index contributed by atoms with van der Waals surface area (Å²) >= 11 is 0. The lowest BCUT2D eigenvalue weighted by Crippen LogP contribution is -2.30. The maximum atomic E-state index is 12.7. The summed E-state index contributed by atoms with van der Waals surface area (Å²) in [5.74, 6) is -0.395. The fraction of sp³-hybridized carbons (Fsp3) is 0.176. The van der Waals surface area contributed by atoms with Crippen molar-refractivity contribution in [2.45, 2.75) is 20.4 Å². The Morgan fingerprint density at radius 1 is 1.22 bits per heavy atom. The second-order valence-electron chi connectivity index (χ2n) is 6.04. The Morgan fingerprint density at radius 2 is 2.00 bits per heavy atom. The van der Waals surface area contributed by atoms with Gasteiger partial charge in [0, 0.05) is 0 Å². The number of rotatable bonds is 4. The molecule has 0 fully saturated rings. The molecule has 27 heavy (non-hydrogen) atoms. The maximum Gasteiger partial charge on any atom is 0.281 e. The van der Waals surface area contributed by atoms with Gasteiger partial charge in [0.1, 0.15) is 11.9 Å². The van der Waals surface area contributed by atoms with Crippen LogP contribution in [0.5, 0.6) is 0 Å². The molecule has 4 aromatic rings. The molecule has 4 rings (SSSR count). The van der Waals surface area contributed by atoms with Gasteiger partial charge in [-0.2, -0.15) is 10.2 Å². The number of anilines is 1. The molecule has 0 aliphatic carbocycles. The third-order valence-electron chi connectivity index (χ3n) is 4.14. The van der Waals surface area contributed by atoms with Gasteiger partial charge in [0.15, 0.2) is 5.65 Å². The second-order valence-corrected chi connectivity index (χ2v) is 6.04. The lowest BCUT2D eigenvalue weighted by Gasteiger charge is -2.06. The molecule has 3 heterocycles. The first-order chi connectivity index (χ1) is 13.0. The highest BCUT2D eigenvalue weighted by Crippen LogP contribution is 2.16. The standard InChI is InChI=1S/C17H16N8O2/c1-10-15(11(2)21-20-10)19-14(26)9-24-17(27)13-8-18-25(16(13)22-23-24)12-6-4-3-5-7-12/h3-8H,9H2,1-2H3,(H,19,26)(H,20,21). The van der Waals surface area contributed by atoms with E-state index >= 15 is 0 Å². The van der Waals surface area contributed by atoms with Crippen molar-refractivity contribution in [3.63, 3.8) is 0 Å². The van der Waals surface area contributed by atoms with E-state index in [0.717, 1.165) is 16.1 Å². The van der Waals surface area contributed by atoms with E-state index in [1.165, 1.54) is 10.9 Å². The third-order valence-corrected chi connectivity index (χ3v) is 4.14. The number of benzene rings is 1. The number of aryl methyl sites for hydroxylation is 2. The molecule has 10 heteroatoms. The van der Waals surface area contributed by atoms with Gasteiger partial charge in [0.05, 0.1) is 29.0 Å². The summed E-state index contributed by atoms with van der Waals surface area (Å²) in [5, 5.41) is 22.0. The van der Waals surface area contributed by atoms with Crippen molar-refractivity contribution in [2.24, 2.45) is 0 Å². The van der Waals surface area contributed by atoms with E-state index in [2.05, 4.69) is 30.9 Å². The molecule has 0 saturated heterocycles. The Labute approximate surface area is 152 Å². The molecular formula is C17H16N8O2. The lowest BCUT2D eigenvalue weighted by molar-refractivity contribution is -0.117. The summed E-state index contributed by atoms with van der Waals surface area (Å²) < 4.78 is 2.55. The van der Waals surface area contributed by atoms with E-state index in [4.69, 9.17) is 0 Å². The number of H-pyrrole nitrogens is 1. The quantitative estimate of drug-likeness (QED) is 0.556. The zero-order chi connectivity index (χ0) is 19.0. The molecule has 10 nitrogen and oxygen atoms in total. The van der Waals surface area contributed by atoms with E-state index in [1.54, 1.807) is 13.8 Å². The van der Waals surface area contributed by atoms with Crippen molar-refractivity contribution in [3.8, 4) is 5.69 Å². The van der Waals surface area contributed by atoms with Gasteiger partial charge >= 0.3 is 0 Å². The molecule has 2 N–H and O–H groups in total. The smallest absolute Gasteiger partial charge is 0.281 e. The first kappa shape index (κ1) is 16.6. The van der Waals surface area contributed by atoms with Gasteiger partial charge in [-0.1, -0.05) is 23.4 Å². The normalized spacial score (nSPS) is 11.0. The molecule has 0 bridgehead atoms. The molecule has 0 atom stereocenters. The van der Waals surface area contributed by atoms with Crippen LogP contribution >= 0.6 is 0 Å². The van der Waals surface area contributed by atoms with E-state index in [1.807, 2.05) is 30.3 Å². The van der Waals surface area contributed by atoms with Gasteiger partial charge in [-0.25, -0.2) is 9.36 Å². The van der Waals surface area contributed by atoms with Crippen LogP contribution in [0.25, 0.3) is 16.7 Å². The summed E-state index contributed by atoms with van der Waals surface area (Å²) in [7, 11) is 0. The predicted octanol–water partition coefficient (Wildman–Crippen LogP) is 0.956. The Kier molecular flexibility index (Phi) is 3.99. The average molecular weight is 364 g/mol. The molecule has 0 radical (unpaired) electrons. The van der Waals surface area contributed by atoms with Crippen LogP contribution < -0.4 is 10.9 Å². The van der Waals surface area contributed by atoms with Crippen LogP contribution in [-0.4, -0.2) is 40.9 Å². The van der Waals surface area contributed by atoms with Crippen LogP contribution in [0.3, 0.4) is 0 Å². The fourth-order valence-corrected chi connectivity index (χ4v) is 2.78. The molecule has 0 aliphatic rings. The summed E-state index contributed by atoms with van der Waals surface area (Å²) in [5.41, 5.74) is 2.67. The van der Waals surface area contributed by atoms with Crippen molar-refractivity contribution in [1.82, 2.24) is 35.0 Å². The third kappa shape index (κ3) is 2.97. The summed E-state index contributed by atoms with van der Waals surface area (Å²) in [6, 6.07) is 9.31. The van der Waals surface area contributed by atoms with Crippen LogP contribution in [0.15, 0.2) is 41.3 Å². The van der Waals surface area contributed by atoms with Crippen LogP contribution in [0.1, 0.15) is 11.4 Å². The average Bonchev–Trinajstić information content (AvgIpc) is 3.24. The van der Waals surface area contributed by atoms with E-state index in [-0.39, 0.29) is 11.9 Å². The maximum absolute atomic E-state index is 12.7. The van der Waals surface area contributed by atoms with Crippen LogP contribution in [-0.2, 0) is 11.3 Å². The van der Waals surface area contributed by atoms with Crippen molar-refractivity contribution < 1.29 is 4.79 Å². The summed E-state index contributed by atoms with van der Waals surface area (Å²) in [6.45, 7) is 3.31. The topological polar surface area (TPSA) is 123 Å². The second kappa shape index (κ2) is 6.48. The lowest BCUT2D eigenvalue weighted by atomic mass is 10.3. The number of nitrogens with one attached hydrogen (secondary N) is 2. The minimum Gasteiger partial charge on any atom is -0.321 e. The first-order valence-corrected chi connectivity index (χ1v) is 8.23. The van der Waals surface area contributed by atoms with Gasteiger partial charge in [-0.15, -0.1) is 5.10 Å². The molecule has 3 aromatic heterocycles. The Bertz CT molecular complexity index is 1170. The Hall–Kier alpha value is -3.82. The van der Waals surface area contributed by atoms with Crippen LogP contribution in [0.2, 0.25) is 0 Å². The fourth-order valence-electron chi connectivity index (χ4n) is 2.78. The van der Waals surface area contributed by atoms with Crippen LogP contribution in [0, 0.1) is 13.8 Å². The molecule has 0 unspecified atom stereocenters. The first-order valence-electron chi connectivity index (χ1n) is 8.23. The highest BCUT2D eigenvalue weighted by Gasteiger charge is 2.16. The van der Waals surface area contributed by atoms with Crippen molar-refractivity contribution in [2.75, 3.05) is 5.32 Å². The van der Waals surface area contributed by atoms with Crippen molar-refractivity contribution >= 4 is 22.6 Å². The van der Waals surface area contributed by atoms with Crippen molar-refractivity contribution in [1.29, 1.82) is 0 Å². The largest absolute Gasteiger partial charge is 0.321 e. The van der Waals surface area contributed by atoms with E-state index in [9.17, 15) is 9.59 Å². The highest BCUT2D eigenvalue weighted by molar-refractivity contribution is 5.91. The predicted molar refractivity (Wildman–Crippen MR) is 97.6 cm³/mol. The molecule has 0 aliphatic heterocycles. The molecule has 1 aromatic carbocycles. The minimum absolute atomic E-state index is 0.262. The van der Waals surface area contributed by atoms with Gasteiger partial charge in [-0.3, -0.25) is 14.7 Å². The van der Waals surface area contributed by atoms with Crippen LogP contribution in [0.4, 0.5) is 5.69 Å². The van der Waals surface area contributed by atoms with Crippen molar-refractivity contribution in [3.05, 3.63) is 58.3 Å². The number of nitrogens with zero attached hydrogens (tertiary/aromatic N) is 6. The number of carbonyl (C=O) groups excluding carboxylic acids is 1. The minimum atomic E-state index is -0.432. The summed E-state index contributed by atoms with van der Waals surface area (Å²) in [4.78, 5) is 25.0. The van der Waals surface area contributed by atoms with Gasteiger partial charge in [-0.05, 0) is 26.0 Å². The summed E-state index contributed by atoms with van der Waals surface area (Å²) in [6.07, 6.45) is 1.43. The number of fused-ring (bicyclic) bond motifs is 1. The number of aromatic amines is 1. The monoisotopic (exact) mass is 364 g/mol. The number of amides is 1. The highest BCUT2D eigenvalue weighted by atomic mass is 16.2. The number of aromatic nitrogens is 7. The Balaban J connectivity index is 1.63. The van der Waals surface area contributed by atoms with E-state index in [0.29, 0.717) is 17.0 Å². The molecule has 136 valence electrons. The number of para-hydroxylation sites is 1. The van der Waals surface area contributed by atoms with Gasteiger partial charge in [0.2, 0.25) is 5.91 Å². The number of hydrogen-bond acceptors (Lipinski definition) is 6. The zero-order valence-corrected chi connectivity index (χ0v) is 14.7. The van der Waals surface area contributed by atoms with Gasteiger partial charge in [0.25, 0.3) is 5.56 Å². The van der Waals surface area contributed by atoms with Gasteiger partial charge < -0.3 is 5.32 Å². The molecule has 0 spiro atoms. The van der Waals surface area contributed by atoms with E-state index < -0.39 is 11.5 Å². The molecule has 1 amide bonds.